The molecule has 0 bridgehead atoms. The SMILES string of the molecule is Brc1cccnc1OC1CCNCC1.Cl.Cl. The monoisotopic (exact) mass is 328 g/mol. The maximum Gasteiger partial charge on any atom is 0.228 e. The van der Waals surface area contributed by atoms with Gasteiger partial charge in [-0.1, -0.05) is 0 Å². The van der Waals surface area contributed by atoms with Gasteiger partial charge < -0.3 is 10.1 Å². The number of nitrogens with zero attached hydrogens (tertiary/aromatic N) is 1. The van der Waals surface area contributed by atoms with Gasteiger partial charge >= 0.3 is 0 Å². The van der Waals surface area contributed by atoms with Crippen LogP contribution in [0.1, 0.15) is 12.8 Å². The maximum atomic E-state index is 5.79. The molecule has 2 heterocycles. The molecule has 1 N–H and O–H groups in total. The van der Waals surface area contributed by atoms with Crippen molar-refractivity contribution >= 4 is 40.7 Å². The Bertz CT molecular complexity index is 309. The van der Waals surface area contributed by atoms with E-state index in [-0.39, 0.29) is 24.8 Å². The Morgan fingerprint density at radius 3 is 2.62 bits per heavy atom. The van der Waals surface area contributed by atoms with Gasteiger partial charge in [0.05, 0.1) is 4.47 Å². The molecular formula is C10H15BrCl2N2O. The molecule has 1 aliphatic rings. The van der Waals surface area contributed by atoms with Gasteiger partial charge in [0.25, 0.3) is 0 Å². The number of aromatic nitrogens is 1. The molecule has 3 nitrogen and oxygen atoms in total. The second-order valence-electron chi connectivity index (χ2n) is 3.36. The molecular weight excluding hydrogens is 315 g/mol. The third-order valence-corrected chi connectivity index (χ3v) is 2.89. The number of rotatable bonds is 2. The second kappa shape index (κ2) is 8.12. The van der Waals surface area contributed by atoms with Crippen LogP contribution < -0.4 is 10.1 Å². The van der Waals surface area contributed by atoms with E-state index in [4.69, 9.17) is 4.74 Å². The van der Waals surface area contributed by atoms with E-state index in [0.29, 0.717) is 12.0 Å². The van der Waals surface area contributed by atoms with Crippen LogP contribution in [0.2, 0.25) is 0 Å². The minimum Gasteiger partial charge on any atom is -0.473 e. The summed E-state index contributed by atoms with van der Waals surface area (Å²) < 4.78 is 6.72. The Morgan fingerprint density at radius 2 is 2.00 bits per heavy atom. The fraction of sp³-hybridized carbons (Fsp3) is 0.500. The average Bonchev–Trinajstić information content (AvgIpc) is 2.23. The van der Waals surface area contributed by atoms with Crippen molar-refractivity contribution < 1.29 is 4.74 Å². The van der Waals surface area contributed by atoms with Gasteiger partial charge in [0.2, 0.25) is 5.88 Å². The third kappa shape index (κ3) is 4.45. The summed E-state index contributed by atoms with van der Waals surface area (Å²) in [6, 6.07) is 3.84. The van der Waals surface area contributed by atoms with Crippen molar-refractivity contribution in [3.8, 4) is 5.88 Å². The minimum atomic E-state index is 0. The molecule has 0 saturated carbocycles. The molecule has 0 aliphatic carbocycles. The normalized spacial score (nSPS) is 15.8. The summed E-state index contributed by atoms with van der Waals surface area (Å²) in [5.41, 5.74) is 0. The molecule has 0 radical (unpaired) electrons. The lowest BCUT2D eigenvalue weighted by Gasteiger charge is -2.23. The molecule has 1 aromatic heterocycles. The minimum absolute atomic E-state index is 0. The summed E-state index contributed by atoms with van der Waals surface area (Å²) in [6.07, 6.45) is 4.18. The number of pyridine rings is 1. The lowest BCUT2D eigenvalue weighted by atomic mass is 10.1. The molecule has 0 amide bonds. The van der Waals surface area contributed by atoms with Crippen LogP contribution in [0.5, 0.6) is 5.88 Å². The first kappa shape index (κ1) is 16.0. The number of piperidine rings is 1. The Hall–Kier alpha value is -0.0300. The van der Waals surface area contributed by atoms with Crippen molar-refractivity contribution in [2.75, 3.05) is 13.1 Å². The Morgan fingerprint density at radius 1 is 1.31 bits per heavy atom. The summed E-state index contributed by atoms with van der Waals surface area (Å²) in [5.74, 6) is 0.708. The summed E-state index contributed by atoms with van der Waals surface area (Å²) in [5, 5.41) is 3.30. The topological polar surface area (TPSA) is 34.1 Å². The summed E-state index contributed by atoms with van der Waals surface area (Å²) in [6.45, 7) is 2.07. The molecule has 92 valence electrons. The third-order valence-electron chi connectivity index (χ3n) is 2.29. The summed E-state index contributed by atoms with van der Waals surface area (Å²) in [7, 11) is 0. The largest absolute Gasteiger partial charge is 0.473 e. The van der Waals surface area contributed by atoms with E-state index >= 15 is 0 Å². The molecule has 1 fully saturated rings. The van der Waals surface area contributed by atoms with E-state index in [0.717, 1.165) is 30.4 Å². The van der Waals surface area contributed by atoms with Gasteiger partial charge in [0.1, 0.15) is 6.10 Å². The van der Waals surface area contributed by atoms with Crippen LogP contribution in [0.4, 0.5) is 0 Å². The predicted octanol–water partition coefficient (Wildman–Crippen LogP) is 2.82. The fourth-order valence-electron chi connectivity index (χ4n) is 1.53. The molecule has 0 spiro atoms. The Kier molecular flexibility index (Phi) is 8.10. The van der Waals surface area contributed by atoms with Crippen LogP contribution in [0.3, 0.4) is 0 Å². The van der Waals surface area contributed by atoms with Crippen molar-refractivity contribution in [3.63, 3.8) is 0 Å². The van der Waals surface area contributed by atoms with Crippen LogP contribution in [-0.2, 0) is 0 Å². The van der Waals surface area contributed by atoms with E-state index in [1.54, 1.807) is 6.20 Å². The van der Waals surface area contributed by atoms with Crippen LogP contribution >= 0.6 is 40.7 Å². The van der Waals surface area contributed by atoms with E-state index in [1.807, 2.05) is 12.1 Å². The zero-order valence-electron chi connectivity index (χ0n) is 8.69. The Labute approximate surface area is 116 Å². The van der Waals surface area contributed by atoms with E-state index in [2.05, 4.69) is 26.2 Å². The lowest BCUT2D eigenvalue weighted by molar-refractivity contribution is 0.155. The molecule has 1 saturated heterocycles. The van der Waals surface area contributed by atoms with Gasteiger partial charge in [-0.25, -0.2) is 4.98 Å². The number of halogens is 3. The highest BCUT2D eigenvalue weighted by Gasteiger charge is 2.15. The average molecular weight is 330 g/mol. The van der Waals surface area contributed by atoms with E-state index < -0.39 is 0 Å². The lowest BCUT2D eigenvalue weighted by Crippen LogP contribution is -2.34. The van der Waals surface area contributed by atoms with Gasteiger partial charge in [-0.2, -0.15) is 0 Å². The van der Waals surface area contributed by atoms with Gasteiger partial charge in [0.15, 0.2) is 0 Å². The van der Waals surface area contributed by atoms with Crippen LogP contribution in [-0.4, -0.2) is 24.2 Å². The number of hydrogen-bond acceptors (Lipinski definition) is 3. The summed E-state index contributed by atoms with van der Waals surface area (Å²) in [4.78, 5) is 4.18. The van der Waals surface area contributed by atoms with Crippen molar-refractivity contribution in [2.24, 2.45) is 0 Å². The van der Waals surface area contributed by atoms with Gasteiger partial charge in [0, 0.05) is 6.20 Å². The highest BCUT2D eigenvalue weighted by molar-refractivity contribution is 9.10. The second-order valence-corrected chi connectivity index (χ2v) is 4.21. The fourth-order valence-corrected chi connectivity index (χ4v) is 1.88. The molecule has 16 heavy (non-hydrogen) atoms. The van der Waals surface area contributed by atoms with Gasteiger partial charge in [-0.15, -0.1) is 24.8 Å². The number of nitrogens with one attached hydrogen (secondary N) is 1. The molecule has 1 aromatic rings. The van der Waals surface area contributed by atoms with E-state index in [1.165, 1.54) is 0 Å². The van der Waals surface area contributed by atoms with Crippen LogP contribution in [0.15, 0.2) is 22.8 Å². The standard InChI is InChI=1S/C10H13BrN2O.2ClH/c11-9-2-1-5-13-10(9)14-8-3-6-12-7-4-8;;/h1-2,5,8,12H,3-4,6-7H2;2*1H. The smallest absolute Gasteiger partial charge is 0.228 e. The molecule has 0 unspecified atom stereocenters. The quantitative estimate of drug-likeness (QED) is 0.906. The predicted molar refractivity (Wildman–Crippen MR) is 73.0 cm³/mol. The zero-order valence-corrected chi connectivity index (χ0v) is 11.9. The first-order chi connectivity index (χ1) is 6.86. The number of hydrogen-bond donors (Lipinski definition) is 1. The van der Waals surface area contributed by atoms with Crippen LogP contribution in [0.25, 0.3) is 0 Å². The maximum absolute atomic E-state index is 5.79. The van der Waals surface area contributed by atoms with Crippen LogP contribution in [0, 0.1) is 0 Å². The molecule has 2 rings (SSSR count). The van der Waals surface area contributed by atoms with Crippen molar-refractivity contribution in [3.05, 3.63) is 22.8 Å². The number of ether oxygens (including phenoxy) is 1. The highest BCUT2D eigenvalue weighted by Crippen LogP contribution is 2.23. The molecule has 1 aliphatic heterocycles. The first-order valence-corrected chi connectivity index (χ1v) is 5.63. The Balaban J connectivity index is 0.00000112. The summed E-state index contributed by atoms with van der Waals surface area (Å²) >= 11 is 3.42. The van der Waals surface area contributed by atoms with Gasteiger partial charge in [-0.05, 0) is 54.0 Å². The zero-order chi connectivity index (χ0) is 9.80. The van der Waals surface area contributed by atoms with E-state index in [9.17, 15) is 0 Å². The molecule has 6 heteroatoms. The highest BCUT2D eigenvalue weighted by atomic mass is 79.9. The van der Waals surface area contributed by atoms with Crippen molar-refractivity contribution in [2.45, 2.75) is 18.9 Å². The van der Waals surface area contributed by atoms with Gasteiger partial charge in [-0.3, -0.25) is 0 Å². The van der Waals surface area contributed by atoms with Crippen molar-refractivity contribution in [1.29, 1.82) is 0 Å². The van der Waals surface area contributed by atoms with Crippen molar-refractivity contribution in [1.82, 2.24) is 10.3 Å². The molecule has 0 atom stereocenters. The molecule has 0 aromatic carbocycles. The first-order valence-electron chi connectivity index (χ1n) is 4.84.